The minimum atomic E-state index is 0.456. The van der Waals surface area contributed by atoms with Crippen LogP contribution in [0, 0.1) is 0 Å². The molecule has 0 spiro atoms. The number of nitrogens with one attached hydrogen (secondary N) is 1. The first-order chi connectivity index (χ1) is 9.74. The fourth-order valence-electron chi connectivity index (χ4n) is 2.21. The van der Waals surface area contributed by atoms with Crippen molar-refractivity contribution in [2.75, 3.05) is 0 Å². The summed E-state index contributed by atoms with van der Waals surface area (Å²) in [6.45, 7) is 5.83. The van der Waals surface area contributed by atoms with Gasteiger partial charge in [0, 0.05) is 29.5 Å². The predicted molar refractivity (Wildman–Crippen MR) is 82.9 cm³/mol. The number of hydrogen-bond acceptors (Lipinski definition) is 4. The van der Waals surface area contributed by atoms with Gasteiger partial charge in [-0.05, 0) is 6.07 Å². The molecule has 4 nitrogen and oxygen atoms in total. The third kappa shape index (κ3) is 2.73. The van der Waals surface area contributed by atoms with Gasteiger partial charge in [0.05, 0.1) is 17.8 Å². The number of aromatic nitrogens is 3. The van der Waals surface area contributed by atoms with E-state index >= 15 is 0 Å². The standard InChI is InChI=1S/C15H18N4S/c1-11(2)17-9-13-12-5-3-4-6-14(12)19(18-13)10-15-16-7-8-20-15/h3-8,11,17H,9-10H2,1-2H3. The van der Waals surface area contributed by atoms with Gasteiger partial charge in [-0.2, -0.15) is 5.10 Å². The van der Waals surface area contributed by atoms with E-state index in [2.05, 4.69) is 48.4 Å². The Kier molecular flexibility index (Phi) is 3.80. The largest absolute Gasteiger partial charge is 0.309 e. The number of hydrogen-bond donors (Lipinski definition) is 1. The summed E-state index contributed by atoms with van der Waals surface area (Å²) in [5.74, 6) is 0. The van der Waals surface area contributed by atoms with E-state index < -0.39 is 0 Å². The molecule has 0 aliphatic rings. The Morgan fingerprint density at radius 1 is 1.30 bits per heavy atom. The molecule has 0 bridgehead atoms. The second kappa shape index (κ2) is 5.73. The van der Waals surface area contributed by atoms with Crippen LogP contribution in [0.15, 0.2) is 35.8 Å². The summed E-state index contributed by atoms with van der Waals surface area (Å²) in [6.07, 6.45) is 1.84. The molecule has 0 saturated carbocycles. The Morgan fingerprint density at radius 2 is 2.15 bits per heavy atom. The number of fused-ring (bicyclic) bond motifs is 1. The maximum atomic E-state index is 4.76. The summed E-state index contributed by atoms with van der Waals surface area (Å²) in [4.78, 5) is 4.34. The van der Waals surface area contributed by atoms with Gasteiger partial charge in [-0.25, -0.2) is 4.98 Å². The van der Waals surface area contributed by atoms with Crippen molar-refractivity contribution in [1.29, 1.82) is 0 Å². The van der Waals surface area contributed by atoms with Crippen molar-refractivity contribution < 1.29 is 0 Å². The van der Waals surface area contributed by atoms with Gasteiger partial charge in [-0.15, -0.1) is 11.3 Å². The van der Waals surface area contributed by atoms with Crippen LogP contribution in [-0.4, -0.2) is 20.8 Å². The molecule has 0 fully saturated rings. The lowest BCUT2D eigenvalue weighted by Crippen LogP contribution is -2.22. The van der Waals surface area contributed by atoms with Gasteiger partial charge >= 0.3 is 0 Å². The highest BCUT2D eigenvalue weighted by atomic mass is 32.1. The first-order valence-electron chi connectivity index (χ1n) is 6.80. The summed E-state index contributed by atoms with van der Waals surface area (Å²) >= 11 is 1.67. The lowest BCUT2D eigenvalue weighted by atomic mass is 10.2. The highest BCUT2D eigenvalue weighted by Gasteiger charge is 2.11. The Morgan fingerprint density at radius 3 is 2.90 bits per heavy atom. The number of rotatable bonds is 5. The van der Waals surface area contributed by atoms with Crippen molar-refractivity contribution in [1.82, 2.24) is 20.1 Å². The molecule has 3 aromatic rings. The van der Waals surface area contributed by atoms with Gasteiger partial charge in [-0.3, -0.25) is 4.68 Å². The quantitative estimate of drug-likeness (QED) is 0.784. The summed E-state index contributed by atoms with van der Waals surface area (Å²) in [7, 11) is 0. The average Bonchev–Trinajstić information content (AvgIpc) is 3.06. The van der Waals surface area contributed by atoms with E-state index in [1.54, 1.807) is 11.3 Å². The number of thiazole rings is 1. The monoisotopic (exact) mass is 286 g/mol. The molecule has 5 heteroatoms. The Balaban J connectivity index is 1.95. The van der Waals surface area contributed by atoms with Crippen molar-refractivity contribution >= 4 is 22.2 Å². The van der Waals surface area contributed by atoms with Gasteiger partial charge in [0.15, 0.2) is 0 Å². The average molecular weight is 286 g/mol. The van der Waals surface area contributed by atoms with Crippen LogP contribution in [0.4, 0.5) is 0 Å². The molecule has 0 radical (unpaired) electrons. The summed E-state index contributed by atoms with van der Waals surface area (Å²) < 4.78 is 2.05. The first-order valence-corrected chi connectivity index (χ1v) is 7.68. The molecule has 0 aliphatic carbocycles. The number of nitrogens with zero attached hydrogens (tertiary/aromatic N) is 3. The Hall–Kier alpha value is -1.72. The minimum Gasteiger partial charge on any atom is -0.309 e. The van der Waals surface area contributed by atoms with Crippen LogP contribution in [0.25, 0.3) is 10.9 Å². The molecule has 1 N–H and O–H groups in total. The SMILES string of the molecule is CC(C)NCc1nn(Cc2nccs2)c2ccccc12. The van der Waals surface area contributed by atoms with Crippen LogP contribution in [0.3, 0.4) is 0 Å². The van der Waals surface area contributed by atoms with Gasteiger partial charge in [0.1, 0.15) is 5.01 Å². The molecule has 0 atom stereocenters. The number of benzene rings is 1. The lowest BCUT2D eigenvalue weighted by molar-refractivity contribution is 0.572. The highest BCUT2D eigenvalue weighted by molar-refractivity contribution is 7.09. The van der Waals surface area contributed by atoms with Crippen molar-refractivity contribution in [2.45, 2.75) is 33.0 Å². The van der Waals surface area contributed by atoms with Crippen LogP contribution < -0.4 is 5.32 Å². The van der Waals surface area contributed by atoms with E-state index in [4.69, 9.17) is 5.10 Å². The predicted octanol–water partition coefficient (Wildman–Crippen LogP) is 3.04. The van der Waals surface area contributed by atoms with Crippen LogP contribution in [0.2, 0.25) is 0 Å². The highest BCUT2D eigenvalue weighted by Crippen LogP contribution is 2.20. The van der Waals surface area contributed by atoms with E-state index in [1.807, 2.05) is 16.3 Å². The van der Waals surface area contributed by atoms with Crippen LogP contribution in [0.1, 0.15) is 24.5 Å². The maximum Gasteiger partial charge on any atom is 0.114 e. The van der Waals surface area contributed by atoms with Crippen molar-refractivity contribution in [3.63, 3.8) is 0 Å². The summed E-state index contributed by atoms with van der Waals surface area (Å²) in [5, 5.41) is 12.5. The van der Waals surface area contributed by atoms with Crippen LogP contribution in [0.5, 0.6) is 0 Å². The van der Waals surface area contributed by atoms with Crippen LogP contribution in [-0.2, 0) is 13.1 Å². The minimum absolute atomic E-state index is 0.456. The summed E-state index contributed by atoms with van der Waals surface area (Å²) in [6, 6.07) is 8.84. The smallest absolute Gasteiger partial charge is 0.114 e. The molecule has 3 rings (SSSR count). The maximum absolute atomic E-state index is 4.76. The molecule has 0 saturated heterocycles. The van der Waals surface area contributed by atoms with E-state index in [9.17, 15) is 0 Å². The number of para-hydroxylation sites is 1. The molecular formula is C15H18N4S. The lowest BCUT2D eigenvalue weighted by Gasteiger charge is -2.05. The van der Waals surface area contributed by atoms with Crippen molar-refractivity contribution in [3.05, 3.63) is 46.5 Å². The van der Waals surface area contributed by atoms with E-state index in [-0.39, 0.29) is 0 Å². The van der Waals surface area contributed by atoms with Gasteiger partial charge < -0.3 is 5.32 Å². The Bertz CT molecular complexity index is 685. The third-order valence-corrected chi connectivity index (χ3v) is 3.95. The van der Waals surface area contributed by atoms with Crippen LogP contribution >= 0.6 is 11.3 Å². The van der Waals surface area contributed by atoms with Gasteiger partial charge in [0.25, 0.3) is 0 Å². The summed E-state index contributed by atoms with van der Waals surface area (Å²) in [5.41, 5.74) is 2.27. The Labute approximate surface area is 122 Å². The second-order valence-electron chi connectivity index (χ2n) is 5.08. The van der Waals surface area contributed by atoms with E-state index in [1.165, 1.54) is 10.9 Å². The topological polar surface area (TPSA) is 42.7 Å². The zero-order chi connectivity index (χ0) is 13.9. The third-order valence-electron chi connectivity index (χ3n) is 3.18. The van der Waals surface area contributed by atoms with Gasteiger partial charge in [-0.1, -0.05) is 32.0 Å². The first kappa shape index (κ1) is 13.3. The zero-order valence-electron chi connectivity index (χ0n) is 11.7. The van der Waals surface area contributed by atoms with Crippen molar-refractivity contribution in [3.8, 4) is 0 Å². The zero-order valence-corrected chi connectivity index (χ0v) is 12.5. The molecule has 0 amide bonds. The normalized spacial score (nSPS) is 11.6. The molecular weight excluding hydrogens is 268 g/mol. The second-order valence-corrected chi connectivity index (χ2v) is 6.06. The molecule has 0 aliphatic heterocycles. The molecule has 2 aromatic heterocycles. The van der Waals surface area contributed by atoms with Gasteiger partial charge in [0.2, 0.25) is 0 Å². The molecule has 20 heavy (non-hydrogen) atoms. The van der Waals surface area contributed by atoms with E-state index in [0.29, 0.717) is 6.04 Å². The fourth-order valence-corrected chi connectivity index (χ4v) is 2.80. The molecule has 1 aromatic carbocycles. The van der Waals surface area contributed by atoms with Crippen molar-refractivity contribution in [2.24, 2.45) is 0 Å². The molecule has 0 unspecified atom stereocenters. The van der Waals surface area contributed by atoms with E-state index in [0.717, 1.165) is 23.8 Å². The molecule has 104 valence electrons. The fraction of sp³-hybridized carbons (Fsp3) is 0.333. The molecule has 2 heterocycles.